The first kappa shape index (κ1) is 25.1. The van der Waals surface area contributed by atoms with Crippen LogP contribution >= 0.6 is 0 Å². The van der Waals surface area contributed by atoms with Crippen LogP contribution in [0, 0.1) is 5.92 Å². The van der Waals surface area contributed by atoms with E-state index in [2.05, 4.69) is 0 Å². The van der Waals surface area contributed by atoms with E-state index in [1.165, 1.54) is 7.11 Å². The number of esters is 2. The first-order valence-corrected chi connectivity index (χ1v) is 11.2. The zero-order chi connectivity index (χ0) is 24.3. The molecule has 0 bridgehead atoms. The van der Waals surface area contributed by atoms with Crippen LogP contribution in [0.5, 0.6) is 0 Å². The van der Waals surface area contributed by atoms with Crippen molar-refractivity contribution < 1.29 is 29.3 Å². The Hall–Kier alpha value is -3.48. The van der Waals surface area contributed by atoms with Crippen molar-refractivity contribution in [2.75, 3.05) is 13.7 Å². The normalized spacial score (nSPS) is 12.6. The van der Waals surface area contributed by atoms with E-state index in [0.717, 1.165) is 22.3 Å². The fourth-order valence-corrected chi connectivity index (χ4v) is 3.76. The van der Waals surface area contributed by atoms with Gasteiger partial charge in [0.15, 0.2) is 0 Å². The predicted molar refractivity (Wildman–Crippen MR) is 128 cm³/mol. The van der Waals surface area contributed by atoms with E-state index in [-0.39, 0.29) is 12.6 Å². The SMILES string of the molecule is COC(=O)c1cccc(Cc2cccc(CC[C@@H](O)[C@@H](CO)C(=O)OCc3ccccc3)c2)c1. The monoisotopic (exact) mass is 462 g/mol. The van der Waals surface area contributed by atoms with Crippen LogP contribution in [0.1, 0.15) is 39.0 Å². The highest BCUT2D eigenvalue weighted by Gasteiger charge is 2.27. The average Bonchev–Trinajstić information content (AvgIpc) is 2.87. The second kappa shape index (κ2) is 12.7. The lowest BCUT2D eigenvalue weighted by molar-refractivity contribution is -0.156. The zero-order valence-corrected chi connectivity index (χ0v) is 19.2. The van der Waals surface area contributed by atoms with Crippen LogP contribution in [0.25, 0.3) is 0 Å². The Morgan fingerprint density at radius 3 is 2.21 bits per heavy atom. The Kier molecular flexibility index (Phi) is 9.38. The smallest absolute Gasteiger partial charge is 0.337 e. The third kappa shape index (κ3) is 7.27. The summed E-state index contributed by atoms with van der Waals surface area (Å²) in [7, 11) is 1.36. The number of carbonyl (C=O) groups is 2. The van der Waals surface area contributed by atoms with Crippen molar-refractivity contribution in [2.24, 2.45) is 5.92 Å². The van der Waals surface area contributed by atoms with Gasteiger partial charge in [-0.05, 0) is 53.6 Å². The first-order chi connectivity index (χ1) is 16.5. The molecule has 3 aromatic carbocycles. The maximum atomic E-state index is 12.4. The predicted octanol–water partition coefficient (Wildman–Crippen LogP) is 3.71. The number of aryl methyl sites for hydroxylation is 1. The second-order valence-electron chi connectivity index (χ2n) is 8.18. The van der Waals surface area contributed by atoms with Crippen LogP contribution in [0.4, 0.5) is 0 Å². The summed E-state index contributed by atoms with van der Waals surface area (Å²) in [6, 6.07) is 24.5. The summed E-state index contributed by atoms with van der Waals surface area (Å²) in [6.07, 6.45) is 0.479. The van der Waals surface area contributed by atoms with Gasteiger partial charge in [-0.15, -0.1) is 0 Å². The molecule has 0 aromatic heterocycles. The highest BCUT2D eigenvalue weighted by atomic mass is 16.5. The van der Waals surface area contributed by atoms with Crippen LogP contribution in [0.15, 0.2) is 78.9 Å². The lowest BCUT2D eigenvalue weighted by Crippen LogP contribution is -2.33. The number of benzene rings is 3. The van der Waals surface area contributed by atoms with Crippen LogP contribution in [-0.4, -0.2) is 42.0 Å². The van der Waals surface area contributed by atoms with Crippen molar-refractivity contribution in [1.29, 1.82) is 0 Å². The van der Waals surface area contributed by atoms with Gasteiger partial charge in [0.2, 0.25) is 0 Å². The Morgan fingerprint density at radius 2 is 1.50 bits per heavy atom. The van der Waals surface area contributed by atoms with E-state index >= 15 is 0 Å². The highest BCUT2D eigenvalue weighted by molar-refractivity contribution is 5.89. The van der Waals surface area contributed by atoms with E-state index in [0.29, 0.717) is 24.8 Å². The Labute approximate surface area is 199 Å². The van der Waals surface area contributed by atoms with Crippen LogP contribution in [0.2, 0.25) is 0 Å². The van der Waals surface area contributed by atoms with Gasteiger partial charge in [-0.3, -0.25) is 4.79 Å². The van der Waals surface area contributed by atoms with Crippen molar-refractivity contribution in [1.82, 2.24) is 0 Å². The molecule has 0 aliphatic heterocycles. The number of methoxy groups -OCH3 is 1. The molecule has 6 heteroatoms. The summed E-state index contributed by atoms with van der Waals surface area (Å²) in [4.78, 5) is 24.1. The molecular formula is C28H30O6. The number of aliphatic hydroxyl groups excluding tert-OH is 2. The summed E-state index contributed by atoms with van der Waals surface area (Å²) >= 11 is 0. The molecule has 0 fully saturated rings. The Balaban J connectivity index is 1.55. The molecule has 0 aliphatic carbocycles. The summed E-state index contributed by atoms with van der Waals surface area (Å²) in [6.45, 7) is -0.381. The fourth-order valence-electron chi connectivity index (χ4n) is 3.76. The molecule has 0 saturated heterocycles. The van der Waals surface area contributed by atoms with Crippen molar-refractivity contribution in [3.63, 3.8) is 0 Å². The molecule has 2 N–H and O–H groups in total. The molecule has 0 spiro atoms. The zero-order valence-electron chi connectivity index (χ0n) is 19.2. The standard InChI is InChI=1S/C28H30O6/c1-33-27(31)24-12-6-11-23(17-24)16-22-10-5-9-20(15-22)13-14-26(30)25(18-29)28(32)34-19-21-7-3-2-4-8-21/h2-12,15,17,25-26,29-30H,13-14,16,18-19H2,1H3/t25-,26-/m1/s1. The van der Waals surface area contributed by atoms with Gasteiger partial charge in [0, 0.05) is 0 Å². The number of ether oxygens (including phenoxy) is 2. The van der Waals surface area contributed by atoms with E-state index < -0.39 is 24.6 Å². The van der Waals surface area contributed by atoms with Crippen LogP contribution in [0.3, 0.4) is 0 Å². The van der Waals surface area contributed by atoms with Crippen molar-refractivity contribution in [2.45, 2.75) is 32.0 Å². The third-order valence-electron chi connectivity index (χ3n) is 5.66. The van der Waals surface area contributed by atoms with E-state index in [1.54, 1.807) is 6.07 Å². The fraction of sp³-hybridized carbons (Fsp3) is 0.286. The number of rotatable bonds is 11. The molecule has 3 rings (SSSR count). The van der Waals surface area contributed by atoms with Gasteiger partial charge in [-0.25, -0.2) is 4.79 Å². The molecule has 0 aliphatic rings. The quantitative estimate of drug-likeness (QED) is 0.422. The summed E-state index contributed by atoms with van der Waals surface area (Å²) in [5, 5.41) is 20.2. The molecule has 0 saturated carbocycles. The summed E-state index contributed by atoms with van der Waals surface area (Å²) in [5.74, 6) is -1.98. The largest absolute Gasteiger partial charge is 0.465 e. The number of hydrogen-bond acceptors (Lipinski definition) is 6. The average molecular weight is 463 g/mol. The second-order valence-corrected chi connectivity index (χ2v) is 8.18. The van der Waals surface area contributed by atoms with Gasteiger partial charge >= 0.3 is 11.9 Å². The minimum absolute atomic E-state index is 0.0993. The van der Waals surface area contributed by atoms with Crippen molar-refractivity contribution in [3.05, 3.63) is 107 Å². The molecule has 6 nitrogen and oxygen atoms in total. The van der Waals surface area contributed by atoms with Gasteiger partial charge in [-0.2, -0.15) is 0 Å². The lowest BCUT2D eigenvalue weighted by Gasteiger charge is -2.20. The van der Waals surface area contributed by atoms with Crippen molar-refractivity contribution in [3.8, 4) is 0 Å². The number of hydrogen-bond donors (Lipinski definition) is 2. The van der Waals surface area contributed by atoms with E-state index in [4.69, 9.17) is 9.47 Å². The summed E-state index contributed by atoms with van der Waals surface area (Å²) in [5.41, 5.74) is 4.41. The van der Waals surface area contributed by atoms with Gasteiger partial charge < -0.3 is 19.7 Å². The van der Waals surface area contributed by atoms with Crippen LogP contribution < -0.4 is 0 Å². The van der Waals surface area contributed by atoms with E-state index in [9.17, 15) is 19.8 Å². The van der Waals surface area contributed by atoms with Crippen molar-refractivity contribution >= 4 is 11.9 Å². The molecule has 178 valence electrons. The molecule has 0 unspecified atom stereocenters. The minimum Gasteiger partial charge on any atom is -0.465 e. The molecule has 0 radical (unpaired) electrons. The molecule has 0 amide bonds. The van der Waals surface area contributed by atoms with Crippen LogP contribution in [-0.2, 0) is 33.7 Å². The van der Waals surface area contributed by atoms with Gasteiger partial charge in [0.05, 0.1) is 25.4 Å². The number of carbonyl (C=O) groups excluding carboxylic acids is 2. The van der Waals surface area contributed by atoms with Gasteiger partial charge in [0.25, 0.3) is 0 Å². The maximum absolute atomic E-state index is 12.4. The van der Waals surface area contributed by atoms with E-state index in [1.807, 2.05) is 72.8 Å². The summed E-state index contributed by atoms with van der Waals surface area (Å²) < 4.78 is 10.1. The maximum Gasteiger partial charge on any atom is 0.337 e. The third-order valence-corrected chi connectivity index (χ3v) is 5.66. The Morgan fingerprint density at radius 1 is 0.853 bits per heavy atom. The first-order valence-electron chi connectivity index (χ1n) is 11.2. The molecule has 3 aromatic rings. The molecule has 0 heterocycles. The Bertz CT molecular complexity index is 1080. The molecule has 34 heavy (non-hydrogen) atoms. The van der Waals surface area contributed by atoms with Gasteiger partial charge in [-0.1, -0.05) is 66.7 Å². The molecule has 2 atom stereocenters. The lowest BCUT2D eigenvalue weighted by atomic mass is 9.95. The van der Waals surface area contributed by atoms with Gasteiger partial charge in [0.1, 0.15) is 12.5 Å². The minimum atomic E-state index is -1.02. The molecular weight excluding hydrogens is 432 g/mol. The topological polar surface area (TPSA) is 93.1 Å². The number of aliphatic hydroxyl groups is 2. The highest BCUT2D eigenvalue weighted by Crippen LogP contribution is 2.18.